The van der Waals surface area contributed by atoms with Crippen LogP contribution in [0.5, 0.6) is 0 Å². The van der Waals surface area contributed by atoms with Gasteiger partial charge in [-0.3, -0.25) is 0 Å². The number of piperidine rings is 1. The lowest BCUT2D eigenvalue weighted by molar-refractivity contribution is 0.0147. The van der Waals surface area contributed by atoms with Gasteiger partial charge in [0.15, 0.2) is 5.13 Å². The van der Waals surface area contributed by atoms with Crippen molar-refractivity contribution in [3.05, 3.63) is 76.1 Å². The summed E-state index contributed by atoms with van der Waals surface area (Å²) >= 11 is 1.58. The molecule has 2 bridgehead atoms. The van der Waals surface area contributed by atoms with Crippen LogP contribution in [0.15, 0.2) is 52.4 Å². The number of fused-ring (bicyclic) bond motifs is 2. The molecule has 2 saturated heterocycles. The largest absolute Gasteiger partial charge is 0.465 e. The van der Waals surface area contributed by atoms with Crippen LogP contribution < -0.4 is 4.90 Å². The highest BCUT2D eigenvalue weighted by atomic mass is 32.1. The minimum Gasteiger partial charge on any atom is -0.465 e. The average Bonchev–Trinajstić information content (AvgIpc) is 3.44. The quantitative estimate of drug-likeness (QED) is 0.205. The van der Waals surface area contributed by atoms with Crippen molar-refractivity contribution >= 4 is 22.4 Å². The molecule has 2 aliphatic heterocycles. The van der Waals surface area contributed by atoms with Crippen molar-refractivity contribution in [3.8, 4) is 22.5 Å². The maximum atomic E-state index is 14.5. The second-order valence-electron chi connectivity index (χ2n) is 11.4. The predicted molar refractivity (Wildman–Crippen MR) is 155 cm³/mol. The maximum Gasteiger partial charge on any atom is 0.340 e. The van der Waals surface area contributed by atoms with Crippen molar-refractivity contribution in [2.75, 3.05) is 12.0 Å². The lowest BCUT2D eigenvalue weighted by Gasteiger charge is -2.38. The number of methoxy groups -OCH3 is 1. The Morgan fingerprint density at radius 3 is 2.61 bits per heavy atom. The molecule has 3 fully saturated rings. The van der Waals surface area contributed by atoms with E-state index in [-0.39, 0.29) is 11.7 Å². The number of hydrogen-bond donors (Lipinski definition) is 0. The summed E-state index contributed by atoms with van der Waals surface area (Å²) in [5.74, 6) is 0.162. The van der Waals surface area contributed by atoms with E-state index in [4.69, 9.17) is 14.2 Å². The zero-order valence-corrected chi connectivity index (χ0v) is 24.0. The van der Waals surface area contributed by atoms with Crippen LogP contribution in [-0.2, 0) is 16.1 Å². The zero-order valence-electron chi connectivity index (χ0n) is 23.1. The summed E-state index contributed by atoms with van der Waals surface area (Å²) in [6, 6.07) is 13.5. The number of carbonyl (C=O) groups is 1. The molecule has 1 aliphatic carbocycles. The summed E-state index contributed by atoms with van der Waals surface area (Å²) in [7, 11) is 1.24. The van der Waals surface area contributed by atoms with E-state index in [1.165, 1.54) is 24.8 Å². The second-order valence-corrected chi connectivity index (χ2v) is 12.2. The van der Waals surface area contributed by atoms with Gasteiger partial charge in [0.2, 0.25) is 0 Å². The van der Waals surface area contributed by atoms with Crippen LogP contribution in [0.3, 0.4) is 0 Å². The van der Waals surface area contributed by atoms with Crippen LogP contribution >= 0.6 is 11.3 Å². The molecule has 7 nitrogen and oxygen atoms in total. The SMILES string of the molecule is COC(=O)c1ccc(-c2csc(N3[C@@H]4CC[C@H]3C[C@@H](OCc3c(-c5ccccc5C)noc3C3CC3)C4)n2)cc1F. The number of nitrogens with zero attached hydrogens (tertiary/aromatic N) is 3. The Morgan fingerprint density at radius 2 is 1.90 bits per heavy atom. The monoisotopic (exact) mass is 573 g/mol. The normalized spacial score (nSPS) is 21.8. The highest BCUT2D eigenvalue weighted by Crippen LogP contribution is 2.46. The number of esters is 1. The molecule has 0 radical (unpaired) electrons. The van der Waals surface area contributed by atoms with Crippen LogP contribution in [0.25, 0.3) is 22.5 Å². The molecule has 1 saturated carbocycles. The van der Waals surface area contributed by atoms with E-state index >= 15 is 0 Å². The van der Waals surface area contributed by atoms with Crippen molar-refractivity contribution < 1.29 is 23.2 Å². The minimum atomic E-state index is -0.686. The first-order chi connectivity index (χ1) is 20.0. The summed E-state index contributed by atoms with van der Waals surface area (Å²) in [6.07, 6.45) is 6.56. The Balaban J connectivity index is 1.05. The molecule has 0 amide bonds. The molecule has 4 heterocycles. The smallest absolute Gasteiger partial charge is 0.340 e. The highest BCUT2D eigenvalue weighted by molar-refractivity contribution is 7.14. The van der Waals surface area contributed by atoms with Gasteiger partial charge in [0.1, 0.15) is 17.3 Å². The van der Waals surface area contributed by atoms with Crippen molar-refractivity contribution in [1.29, 1.82) is 0 Å². The molecular weight excluding hydrogens is 541 g/mol. The molecule has 2 aromatic carbocycles. The van der Waals surface area contributed by atoms with E-state index in [9.17, 15) is 9.18 Å². The first-order valence-electron chi connectivity index (χ1n) is 14.3. The number of aryl methyl sites for hydroxylation is 1. The van der Waals surface area contributed by atoms with Crippen LogP contribution in [0, 0.1) is 12.7 Å². The molecule has 0 spiro atoms. The summed E-state index contributed by atoms with van der Waals surface area (Å²) in [4.78, 5) is 19.1. The van der Waals surface area contributed by atoms with Gasteiger partial charge in [0.05, 0.1) is 31.1 Å². The Morgan fingerprint density at radius 1 is 1.12 bits per heavy atom. The number of hydrogen-bond acceptors (Lipinski definition) is 8. The van der Waals surface area contributed by atoms with E-state index in [0.29, 0.717) is 35.9 Å². The number of benzene rings is 2. The molecule has 3 atom stereocenters. The number of thiazole rings is 1. The molecule has 2 aromatic heterocycles. The molecule has 7 rings (SSSR count). The van der Waals surface area contributed by atoms with Crippen molar-refractivity contribution in [3.63, 3.8) is 0 Å². The number of halogens is 1. The fraction of sp³-hybridized carbons (Fsp3) is 0.406. The second kappa shape index (κ2) is 10.7. The third kappa shape index (κ3) is 4.95. The topological polar surface area (TPSA) is 77.7 Å². The van der Waals surface area contributed by atoms with Gasteiger partial charge in [-0.1, -0.05) is 35.5 Å². The Bertz CT molecular complexity index is 1580. The Labute approximate surface area is 242 Å². The van der Waals surface area contributed by atoms with Crippen LogP contribution in [-0.4, -0.2) is 41.4 Å². The van der Waals surface area contributed by atoms with Crippen molar-refractivity contribution in [2.45, 2.75) is 76.2 Å². The summed E-state index contributed by atoms with van der Waals surface area (Å²) in [5.41, 5.74) is 5.59. The van der Waals surface area contributed by atoms with Gasteiger partial charge in [-0.15, -0.1) is 11.3 Å². The molecule has 4 aromatic rings. The van der Waals surface area contributed by atoms with Gasteiger partial charge in [-0.2, -0.15) is 0 Å². The summed E-state index contributed by atoms with van der Waals surface area (Å²) in [5, 5.41) is 7.42. The van der Waals surface area contributed by atoms with Gasteiger partial charge < -0.3 is 18.9 Å². The zero-order chi connectivity index (χ0) is 28.1. The third-order valence-electron chi connectivity index (χ3n) is 8.70. The third-order valence-corrected chi connectivity index (χ3v) is 9.56. The van der Waals surface area contributed by atoms with Gasteiger partial charge in [0.25, 0.3) is 0 Å². The first-order valence-corrected chi connectivity index (χ1v) is 15.2. The molecule has 9 heteroatoms. The molecule has 41 heavy (non-hydrogen) atoms. The lowest BCUT2D eigenvalue weighted by atomic mass is 9.99. The molecule has 212 valence electrons. The summed E-state index contributed by atoms with van der Waals surface area (Å²) in [6.45, 7) is 2.62. The number of ether oxygens (including phenoxy) is 2. The first kappa shape index (κ1) is 26.3. The van der Waals surface area contributed by atoms with E-state index in [1.807, 2.05) is 17.5 Å². The van der Waals surface area contributed by atoms with Gasteiger partial charge >= 0.3 is 5.97 Å². The van der Waals surface area contributed by atoms with Gasteiger partial charge in [0, 0.05) is 40.1 Å². The number of anilines is 1. The summed E-state index contributed by atoms with van der Waals surface area (Å²) < 4.78 is 31.7. The van der Waals surface area contributed by atoms with Gasteiger partial charge in [-0.05, 0) is 63.1 Å². The van der Waals surface area contributed by atoms with E-state index in [1.54, 1.807) is 17.4 Å². The lowest BCUT2D eigenvalue weighted by Crippen LogP contribution is -2.45. The Hall–Kier alpha value is -3.56. The maximum absolute atomic E-state index is 14.5. The molecule has 0 unspecified atom stereocenters. The minimum absolute atomic E-state index is 0.0757. The van der Waals surface area contributed by atoms with E-state index in [2.05, 4.69) is 33.8 Å². The fourth-order valence-corrected chi connectivity index (χ4v) is 7.40. The Kier molecular flexibility index (Phi) is 6.87. The van der Waals surface area contributed by atoms with Crippen molar-refractivity contribution in [1.82, 2.24) is 10.1 Å². The van der Waals surface area contributed by atoms with Crippen LogP contribution in [0.4, 0.5) is 9.52 Å². The average molecular weight is 574 g/mol. The van der Waals surface area contributed by atoms with Gasteiger partial charge in [-0.25, -0.2) is 14.2 Å². The van der Waals surface area contributed by atoms with Crippen molar-refractivity contribution in [2.24, 2.45) is 0 Å². The number of carbonyl (C=O) groups excluding carboxylic acids is 1. The van der Waals surface area contributed by atoms with Crippen LogP contribution in [0.1, 0.15) is 71.7 Å². The molecular formula is C32H32FN3O4S. The highest BCUT2D eigenvalue weighted by Gasteiger charge is 2.43. The standard InChI is InChI=1S/C32H32FN3O4S/c1-18-5-3-4-6-24(18)29-26(30(40-35-29)19-7-8-19)16-39-23-14-21-10-11-22(15-23)36(21)32-34-28(17-41-32)20-9-12-25(27(33)13-20)31(37)38-2/h3-6,9,12-13,17,19,21-23H,7-8,10-11,14-16H2,1-2H3/t21-,22+,23+. The molecule has 0 N–H and O–H groups in total. The van der Waals surface area contributed by atoms with Crippen LogP contribution in [0.2, 0.25) is 0 Å². The number of aromatic nitrogens is 2. The molecule has 3 aliphatic rings. The predicted octanol–water partition coefficient (Wildman–Crippen LogP) is 7.29. The fourth-order valence-electron chi connectivity index (χ4n) is 6.42. The van der Waals surface area contributed by atoms with E-state index in [0.717, 1.165) is 66.2 Å². The van der Waals surface area contributed by atoms with E-state index < -0.39 is 11.8 Å². The number of rotatable bonds is 8.